The van der Waals surface area contributed by atoms with Gasteiger partial charge in [-0.3, -0.25) is 4.79 Å². The fraction of sp³-hybridized carbons (Fsp3) is 0.286. The van der Waals surface area contributed by atoms with Gasteiger partial charge in [0, 0.05) is 11.8 Å². The molecule has 1 heterocycles. The lowest BCUT2D eigenvalue weighted by molar-refractivity contribution is 0.0988. The van der Waals surface area contributed by atoms with E-state index in [0.717, 1.165) is 16.1 Å². The van der Waals surface area contributed by atoms with Crippen LogP contribution in [-0.4, -0.2) is 10.8 Å². The molecule has 0 fully saturated rings. The Morgan fingerprint density at radius 1 is 1.29 bits per heavy atom. The standard InChI is InChI=1S/C14H15NOS/c1-9-4-5-10(2)12(6-9)7-14(16)13-8-17-11(3)15-13/h4-6,8H,7H2,1-3H3. The molecule has 2 rings (SSSR count). The van der Waals surface area contributed by atoms with Gasteiger partial charge in [0.15, 0.2) is 5.78 Å². The number of hydrogen-bond donors (Lipinski definition) is 0. The Kier molecular flexibility index (Phi) is 3.38. The highest BCUT2D eigenvalue weighted by molar-refractivity contribution is 7.09. The normalized spacial score (nSPS) is 10.5. The first kappa shape index (κ1) is 12.0. The van der Waals surface area contributed by atoms with Crippen molar-refractivity contribution in [2.75, 3.05) is 0 Å². The van der Waals surface area contributed by atoms with Gasteiger partial charge in [0.1, 0.15) is 5.69 Å². The third-order valence-corrected chi connectivity index (χ3v) is 3.53. The third kappa shape index (κ3) is 2.80. The van der Waals surface area contributed by atoms with E-state index in [1.165, 1.54) is 16.9 Å². The monoisotopic (exact) mass is 245 g/mol. The lowest BCUT2D eigenvalue weighted by atomic mass is 10.0. The highest BCUT2D eigenvalue weighted by Gasteiger charge is 2.11. The zero-order valence-electron chi connectivity index (χ0n) is 10.3. The molecule has 17 heavy (non-hydrogen) atoms. The van der Waals surface area contributed by atoms with Gasteiger partial charge >= 0.3 is 0 Å². The Labute approximate surface area is 105 Å². The SMILES string of the molecule is Cc1ccc(C)c(CC(=O)c2csc(C)n2)c1. The van der Waals surface area contributed by atoms with Gasteiger partial charge in [-0.05, 0) is 31.9 Å². The molecule has 0 amide bonds. The molecule has 0 N–H and O–H groups in total. The van der Waals surface area contributed by atoms with Crippen molar-refractivity contribution in [1.82, 2.24) is 4.98 Å². The maximum atomic E-state index is 12.0. The summed E-state index contributed by atoms with van der Waals surface area (Å²) in [6.07, 6.45) is 0.441. The second-order valence-corrected chi connectivity index (χ2v) is 5.34. The van der Waals surface area contributed by atoms with E-state index in [4.69, 9.17) is 0 Å². The first-order valence-electron chi connectivity index (χ1n) is 5.57. The molecule has 1 aromatic heterocycles. The van der Waals surface area contributed by atoms with Crippen molar-refractivity contribution < 1.29 is 4.79 Å². The number of benzene rings is 1. The van der Waals surface area contributed by atoms with Crippen LogP contribution in [0.15, 0.2) is 23.6 Å². The fourth-order valence-electron chi connectivity index (χ4n) is 1.75. The minimum atomic E-state index is 0.100. The molecule has 0 spiro atoms. The average molecular weight is 245 g/mol. The molecule has 88 valence electrons. The second-order valence-electron chi connectivity index (χ2n) is 4.28. The molecule has 2 aromatic rings. The number of carbonyl (C=O) groups excluding carboxylic acids is 1. The largest absolute Gasteiger partial charge is 0.292 e. The smallest absolute Gasteiger partial charge is 0.186 e. The lowest BCUT2D eigenvalue weighted by Crippen LogP contribution is -2.05. The number of aryl methyl sites for hydroxylation is 3. The molecular weight excluding hydrogens is 230 g/mol. The van der Waals surface area contributed by atoms with Crippen LogP contribution in [0.2, 0.25) is 0 Å². The summed E-state index contributed by atoms with van der Waals surface area (Å²) >= 11 is 1.52. The van der Waals surface area contributed by atoms with Crippen LogP contribution in [0.3, 0.4) is 0 Å². The molecule has 0 bridgehead atoms. The maximum Gasteiger partial charge on any atom is 0.186 e. The van der Waals surface area contributed by atoms with Crippen molar-refractivity contribution in [3.05, 3.63) is 51.0 Å². The van der Waals surface area contributed by atoms with Crippen LogP contribution >= 0.6 is 11.3 Å². The fourth-order valence-corrected chi connectivity index (χ4v) is 2.36. The summed E-state index contributed by atoms with van der Waals surface area (Å²) in [6, 6.07) is 6.20. The summed E-state index contributed by atoms with van der Waals surface area (Å²) in [5.41, 5.74) is 4.04. The molecule has 2 nitrogen and oxygen atoms in total. The van der Waals surface area contributed by atoms with E-state index >= 15 is 0 Å². The van der Waals surface area contributed by atoms with Crippen LogP contribution in [0.1, 0.15) is 32.2 Å². The van der Waals surface area contributed by atoms with E-state index < -0.39 is 0 Å². The molecule has 0 radical (unpaired) electrons. The van der Waals surface area contributed by atoms with Crippen LogP contribution < -0.4 is 0 Å². The Hall–Kier alpha value is -1.48. The van der Waals surface area contributed by atoms with Crippen molar-refractivity contribution >= 4 is 17.1 Å². The molecule has 0 unspecified atom stereocenters. The highest BCUT2D eigenvalue weighted by Crippen LogP contribution is 2.15. The number of nitrogens with zero attached hydrogens (tertiary/aromatic N) is 1. The van der Waals surface area contributed by atoms with Crippen LogP contribution in [0, 0.1) is 20.8 Å². The van der Waals surface area contributed by atoms with Crippen LogP contribution in [0.4, 0.5) is 0 Å². The summed E-state index contributed by atoms with van der Waals surface area (Å²) in [4.78, 5) is 16.3. The number of ketones is 1. The second kappa shape index (κ2) is 4.80. The molecule has 3 heteroatoms. The number of thiazole rings is 1. The van der Waals surface area contributed by atoms with Crippen molar-refractivity contribution in [3.63, 3.8) is 0 Å². The van der Waals surface area contributed by atoms with Gasteiger partial charge in [-0.2, -0.15) is 0 Å². The average Bonchev–Trinajstić information content (AvgIpc) is 2.70. The molecule has 0 aliphatic carbocycles. The first-order chi connectivity index (χ1) is 8.06. The third-order valence-electron chi connectivity index (χ3n) is 2.76. The van der Waals surface area contributed by atoms with Crippen LogP contribution in [-0.2, 0) is 6.42 Å². The molecule has 0 saturated carbocycles. The number of Topliss-reactive ketones (excluding diaryl/α,β-unsaturated/α-hetero) is 1. The lowest BCUT2D eigenvalue weighted by Gasteiger charge is -2.05. The van der Waals surface area contributed by atoms with E-state index in [1.807, 2.05) is 26.2 Å². The quantitative estimate of drug-likeness (QED) is 0.775. The molecule has 1 aromatic carbocycles. The van der Waals surface area contributed by atoms with E-state index in [9.17, 15) is 4.79 Å². The Bertz CT molecular complexity index is 557. The van der Waals surface area contributed by atoms with Gasteiger partial charge in [-0.25, -0.2) is 4.98 Å². The summed E-state index contributed by atoms with van der Waals surface area (Å²) in [6.45, 7) is 5.99. The van der Waals surface area contributed by atoms with Crippen molar-refractivity contribution in [3.8, 4) is 0 Å². The number of aromatic nitrogens is 1. The predicted octanol–water partition coefficient (Wildman–Crippen LogP) is 3.49. The summed E-state index contributed by atoms with van der Waals surface area (Å²) in [7, 11) is 0. The summed E-state index contributed by atoms with van der Waals surface area (Å²) in [5.74, 6) is 0.100. The van der Waals surface area contributed by atoms with Gasteiger partial charge in [-0.1, -0.05) is 23.8 Å². The molecule has 0 saturated heterocycles. The molecular formula is C14H15NOS. The van der Waals surface area contributed by atoms with Gasteiger partial charge in [0.2, 0.25) is 0 Å². The number of rotatable bonds is 3. The Balaban J connectivity index is 2.21. The van der Waals surface area contributed by atoms with E-state index in [1.54, 1.807) is 0 Å². The molecule has 0 aliphatic heterocycles. The summed E-state index contributed by atoms with van der Waals surface area (Å²) in [5, 5.41) is 2.78. The maximum absolute atomic E-state index is 12.0. The first-order valence-corrected chi connectivity index (χ1v) is 6.45. The molecule has 0 aliphatic rings. The minimum absolute atomic E-state index is 0.100. The van der Waals surface area contributed by atoms with Gasteiger partial charge in [-0.15, -0.1) is 11.3 Å². The van der Waals surface area contributed by atoms with E-state index in [0.29, 0.717) is 12.1 Å². The topological polar surface area (TPSA) is 30.0 Å². The zero-order chi connectivity index (χ0) is 12.4. The van der Waals surface area contributed by atoms with Gasteiger partial charge in [0.05, 0.1) is 5.01 Å². The highest BCUT2D eigenvalue weighted by atomic mass is 32.1. The Morgan fingerprint density at radius 2 is 2.06 bits per heavy atom. The number of hydrogen-bond acceptors (Lipinski definition) is 3. The molecule has 0 atom stereocenters. The van der Waals surface area contributed by atoms with Crippen molar-refractivity contribution in [2.24, 2.45) is 0 Å². The Morgan fingerprint density at radius 3 is 2.71 bits per heavy atom. The van der Waals surface area contributed by atoms with E-state index in [-0.39, 0.29) is 5.78 Å². The van der Waals surface area contributed by atoms with E-state index in [2.05, 4.69) is 23.2 Å². The predicted molar refractivity (Wildman–Crippen MR) is 70.8 cm³/mol. The minimum Gasteiger partial charge on any atom is -0.292 e. The van der Waals surface area contributed by atoms with Crippen molar-refractivity contribution in [2.45, 2.75) is 27.2 Å². The summed E-state index contributed by atoms with van der Waals surface area (Å²) < 4.78 is 0. The number of carbonyl (C=O) groups is 1. The van der Waals surface area contributed by atoms with Gasteiger partial charge in [0.25, 0.3) is 0 Å². The van der Waals surface area contributed by atoms with Crippen LogP contribution in [0.25, 0.3) is 0 Å². The van der Waals surface area contributed by atoms with Gasteiger partial charge < -0.3 is 0 Å². The van der Waals surface area contributed by atoms with Crippen LogP contribution in [0.5, 0.6) is 0 Å². The van der Waals surface area contributed by atoms with Crippen molar-refractivity contribution in [1.29, 1.82) is 0 Å². The zero-order valence-corrected chi connectivity index (χ0v) is 11.1.